The Morgan fingerprint density at radius 3 is 1.77 bits per heavy atom. The van der Waals surface area contributed by atoms with E-state index in [4.69, 9.17) is 14.5 Å². The third kappa shape index (κ3) is 7.46. The highest BCUT2D eigenvalue weighted by atomic mass is 16.5. The molecule has 3 aromatic carbocycles. The second-order valence-corrected chi connectivity index (χ2v) is 14.6. The summed E-state index contributed by atoms with van der Waals surface area (Å²) in [5, 5.41) is 7.31. The van der Waals surface area contributed by atoms with E-state index in [0.717, 1.165) is 69.9 Å². The summed E-state index contributed by atoms with van der Waals surface area (Å²) in [5.74, 6) is 0.887. The van der Waals surface area contributed by atoms with E-state index in [1.807, 2.05) is 6.07 Å². The quantitative estimate of drug-likeness (QED) is 0.118. The first-order valence-corrected chi connectivity index (χ1v) is 18.7. The third-order valence-corrected chi connectivity index (χ3v) is 10.5. The van der Waals surface area contributed by atoms with Crippen LogP contribution in [0.15, 0.2) is 83.3 Å². The van der Waals surface area contributed by atoms with E-state index in [2.05, 4.69) is 74.1 Å². The number of imidazole rings is 2. The van der Waals surface area contributed by atoms with Gasteiger partial charge in [-0.15, -0.1) is 0 Å². The van der Waals surface area contributed by atoms with Crippen LogP contribution >= 0.6 is 0 Å². The maximum absolute atomic E-state index is 13.6. The molecule has 14 nitrogen and oxygen atoms in total. The molecule has 7 rings (SSSR count). The molecule has 4 heterocycles. The Bertz CT molecular complexity index is 2420. The highest BCUT2D eigenvalue weighted by Gasteiger charge is 2.36. The molecule has 0 aliphatic carbocycles. The van der Waals surface area contributed by atoms with Crippen molar-refractivity contribution in [1.82, 2.24) is 40.4 Å². The number of carbonyl (C=O) groups excluding carboxylic acids is 4. The fourth-order valence-corrected chi connectivity index (χ4v) is 7.58. The van der Waals surface area contributed by atoms with Crippen molar-refractivity contribution in [3.8, 4) is 22.4 Å². The molecule has 0 spiro atoms. The van der Waals surface area contributed by atoms with Crippen molar-refractivity contribution in [2.24, 2.45) is 0 Å². The number of rotatable bonds is 8. The minimum absolute atomic E-state index is 0.216. The molecule has 14 heteroatoms. The van der Waals surface area contributed by atoms with Gasteiger partial charge in [0.1, 0.15) is 23.0 Å². The van der Waals surface area contributed by atoms with Crippen molar-refractivity contribution in [3.63, 3.8) is 0 Å². The van der Waals surface area contributed by atoms with Crippen LogP contribution in [0.2, 0.25) is 0 Å². The summed E-state index contributed by atoms with van der Waals surface area (Å²) in [6, 6.07) is 18.3. The molecule has 2 fully saturated rings. The number of ether oxygens (including phenoxy) is 2. The van der Waals surface area contributed by atoms with Crippen LogP contribution in [-0.4, -0.2) is 81.0 Å². The molecule has 0 bridgehead atoms. The zero-order valence-electron chi connectivity index (χ0n) is 32.4. The smallest absolute Gasteiger partial charge is 0.411 e. The minimum Gasteiger partial charge on any atom is -0.453 e. The molecule has 0 saturated carbocycles. The summed E-state index contributed by atoms with van der Waals surface area (Å²) in [6.45, 7) is 8.24. The summed E-state index contributed by atoms with van der Waals surface area (Å²) < 4.78 is 9.47. The molecule has 290 valence electrons. The molecule has 2 aliphatic heterocycles. The molecule has 2 aromatic heterocycles. The van der Waals surface area contributed by atoms with Gasteiger partial charge in [-0.1, -0.05) is 30.3 Å². The fourth-order valence-electron chi connectivity index (χ4n) is 7.58. The molecule has 4 N–H and O–H groups in total. The summed E-state index contributed by atoms with van der Waals surface area (Å²) in [6.07, 6.45) is 3.59. The Balaban J connectivity index is 1.08. The van der Waals surface area contributed by atoms with Crippen molar-refractivity contribution in [1.29, 1.82) is 0 Å². The second kappa shape index (κ2) is 15.7. The zero-order valence-corrected chi connectivity index (χ0v) is 32.4. The van der Waals surface area contributed by atoms with E-state index < -0.39 is 12.2 Å². The van der Waals surface area contributed by atoms with Crippen LogP contribution in [0.25, 0.3) is 44.2 Å². The molecule has 56 heavy (non-hydrogen) atoms. The van der Waals surface area contributed by atoms with E-state index >= 15 is 0 Å². The third-order valence-electron chi connectivity index (χ3n) is 10.5. The SMILES string of the molecule is COC(=O)NC(C(=O)N1CCC[C@H]1c1ncc(-c2ccc3cc(-c4ccc5nc([C@@H]6CCCN6C(=O)C(NC(=O)OC)=C(C)C)[nH]c5c4)ccc3c2)[nH]1)=C(C)C. The van der Waals surface area contributed by atoms with Gasteiger partial charge in [-0.2, -0.15) is 0 Å². The fraction of sp³-hybridized carbons (Fsp3) is 0.333. The van der Waals surface area contributed by atoms with E-state index in [1.54, 1.807) is 43.7 Å². The Labute approximate surface area is 324 Å². The van der Waals surface area contributed by atoms with Crippen LogP contribution < -0.4 is 10.6 Å². The Kier molecular flexibility index (Phi) is 10.6. The van der Waals surface area contributed by atoms with Gasteiger partial charge in [0.15, 0.2) is 0 Å². The zero-order chi connectivity index (χ0) is 39.7. The monoisotopic (exact) mass is 758 g/mol. The van der Waals surface area contributed by atoms with Gasteiger partial charge in [0, 0.05) is 18.7 Å². The number of H-pyrrole nitrogens is 2. The van der Waals surface area contributed by atoms with Gasteiger partial charge in [0.05, 0.1) is 49.2 Å². The number of aromatic nitrogens is 4. The number of nitrogens with zero attached hydrogens (tertiary/aromatic N) is 4. The van der Waals surface area contributed by atoms with Crippen molar-refractivity contribution >= 4 is 45.8 Å². The largest absolute Gasteiger partial charge is 0.453 e. The molecule has 0 unspecified atom stereocenters. The molecule has 5 aromatic rings. The van der Waals surface area contributed by atoms with Crippen molar-refractivity contribution in [3.05, 3.63) is 95.0 Å². The second-order valence-electron chi connectivity index (χ2n) is 14.6. The molecule has 4 amide bonds. The topological polar surface area (TPSA) is 175 Å². The lowest BCUT2D eigenvalue weighted by Crippen LogP contribution is -2.39. The molecule has 2 saturated heterocycles. The highest BCUT2D eigenvalue weighted by molar-refractivity contribution is 5.98. The van der Waals surface area contributed by atoms with Crippen LogP contribution in [-0.2, 0) is 19.1 Å². The molecular weight excluding hydrogens is 713 g/mol. The number of carbonyl (C=O) groups is 4. The predicted molar refractivity (Wildman–Crippen MR) is 212 cm³/mol. The van der Waals surface area contributed by atoms with Crippen LogP contribution in [0.4, 0.5) is 9.59 Å². The number of hydrogen-bond donors (Lipinski definition) is 4. The van der Waals surface area contributed by atoms with Crippen LogP contribution in [0, 0.1) is 0 Å². The molecule has 2 atom stereocenters. The van der Waals surface area contributed by atoms with Crippen molar-refractivity contribution in [2.75, 3.05) is 27.3 Å². The maximum Gasteiger partial charge on any atom is 0.411 e. The lowest BCUT2D eigenvalue weighted by atomic mass is 9.99. The number of alkyl carbamates (subject to hydrolysis) is 2. The number of aromatic amines is 2. The number of allylic oxidation sites excluding steroid dienone is 2. The predicted octanol–water partition coefficient (Wildman–Crippen LogP) is 7.40. The highest BCUT2D eigenvalue weighted by Crippen LogP contribution is 2.36. The Morgan fingerprint density at radius 2 is 1.20 bits per heavy atom. The Morgan fingerprint density at radius 1 is 0.679 bits per heavy atom. The number of fused-ring (bicyclic) bond motifs is 2. The number of hydrogen-bond acceptors (Lipinski definition) is 8. The minimum atomic E-state index is -0.684. The summed E-state index contributed by atoms with van der Waals surface area (Å²) >= 11 is 0. The number of nitrogens with one attached hydrogen (secondary N) is 4. The van der Waals surface area contributed by atoms with Crippen molar-refractivity contribution in [2.45, 2.75) is 65.5 Å². The number of amides is 4. The average Bonchev–Trinajstić information content (AvgIpc) is 4.03. The summed E-state index contributed by atoms with van der Waals surface area (Å²) in [4.78, 5) is 71.0. The molecule has 2 aliphatic rings. The van der Waals surface area contributed by atoms with Crippen LogP contribution in [0.3, 0.4) is 0 Å². The van der Waals surface area contributed by atoms with Gasteiger partial charge >= 0.3 is 12.2 Å². The number of benzene rings is 3. The van der Waals surface area contributed by atoms with Gasteiger partial charge in [0.25, 0.3) is 11.8 Å². The van der Waals surface area contributed by atoms with Gasteiger partial charge in [-0.3, -0.25) is 20.2 Å². The number of methoxy groups -OCH3 is 2. The lowest BCUT2D eigenvalue weighted by Gasteiger charge is -2.25. The lowest BCUT2D eigenvalue weighted by molar-refractivity contribution is -0.129. The van der Waals surface area contributed by atoms with Gasteiger partial charge < -0.3 is 29.2 Å². The Hall–Kier alpha value is -6.44. The number of likely N-dealkylation sites (tertiary alicyclic amines) is 2. The van der Waals surface area contributed by atoms with Gasteiger partial charge in [0.2, 0.25) is 0 Å². The van der Waals surface area contributed by atoms with Crippen LogP contribution in [0.1, 0.15) is 77.1 Å². The molecule has 0 radical (unpaired) electrons. The average molecular weight is 759 g/mol. The van der Waals surface area contributed by atoms with E-state index in [1.165, 1.54) is 14.2 Å². The summed E-state index contributed by atoms with van der Waals surface area (Å²) in [5.41, 5.74) is 7.39. The maximum atomic E-state index is 13.6. The first kappa shape index (κ1) is 37.9. The van der Waals surface area contributed by atoms with Gasteiger partial charge in [-0.25, -0.2) is 19.6 Å². The first-order valence-electron chi connectivity index (χ1n) is 18.7. The van der Waals surface area contributed by atoms with Crippen LogP contribution in [0.5, 0.6) is 0 Å². The summed E-state index contributed by atoms with van der Waals surface area (Å²) in [7, 11) is 2.54. The van der Waals surface area contributed by atoms with Gasteiger partial charge in [-0.05, 0) is 111 Å². The van der Waals surface area contributed by atoms with E-state index in [0.29, 0.717) is 35.9 Å². The molecular formula is C42H46N8O6. The van der Waals surface area contributed by atoms with E-state index in [-0.39, 0.29) is 35.3 Å². The normalized spacial score (nSPS) is 16.5. The van der Waals surface area contributed by atoms with Crippen molar-refractivity contribution < 1.29 is 28.7 Å². The standard InChI is InChI=1S/C42H46N8O6/c1-23(2)35(47-41(53)55-5)39(51)49-17-7-9-33(49)37-43-22-32(46-37)29-14-13-25-19-26(11-12-27(25)20-29)28-15-16-30-31(21-28)45-38(44-30)34-10-8-18-50(34)40(52)36(24(3)4)48-42(54)56-6/h11-16,19-22,33-34H,7-10,17-18H2,1-6H3,(H,43,46)(H,44,45)(H,47,53)(H,48,54)/t33-,34-/m0/s1. The van der Waals surface area contributed by atoms with E-state index in [9.17, 15) is 19.2 Å². The first-order chi connectivity index (χ1) is 26.9.